The van der Waals surface area contributed by atoms with E-state index < -0.39 is 5.97 Å². The molecule has 1 aromatic carbocycles. The van der Waals surface area contributed by atoms with Gasteiger partial charge in [0.1, 0.15) is 6.54 Å². The summed E-state index contributed by atoms with van der Waals surface area (Å²) in [6.07, 6.45) is 3.00. The summed E-state index contributed by atoms with van der Waals surface area (Å²) in [6, 6.07) is 5.07. The van der Waals surface area contributed by atoms with Crippen molar-refractivity contribution in [2.75, 3.05) is 12.4 Å². The summed E-state index contributed by atoms with van der Waals surface area (Å²) in [4.78, 5) is 23.2. The average Bonchev–Trinajstić information content (AvgIpc) is 2.88. The standard InChI is InChI=1S/C14H14ClN3O3/c1-9-3-4-10(5-12(9)15)14(20)17-11-6-16-18(7-11)8-13(19)21-2/h3-7H,8H2,1-2H3,(H,17,20). The molecule has 21 heavy (non-hydrogen) atoms. The minimum atomic E-state index is -0.415. The summed E-state index contributed by atoms with van der Waals surface area (Å²) < 4.78 is 5.91. The number of carbonyl (C=O) groups excluding carboxylic acids is 2. The molecule has 6 nitrogen and oxygen atoms in total. The Morgan fingerprint density at radius 1 is 1.43 bits per heavy atom. The molecule has 0 bridgehead atoms. The van der Waals surface area contributed by atoms with Crippen molar-refractivity contribution in [1.82, 2.24) is 9.78 Å². The van der Waals surface area contributed by atoms with Crippen molar-refractivity contribution >= 4 is 29.2 Å². The highest BCUT2D eigenvalue weighted by Crippen LogP contribution is 2.17. The summed E-state index contributed by atoms with van der Waals surface area (Å²) >= 11 is 5.99. The molecule has 2 aromatic rings. The van der Waals surface area contributed by atoms with Crippen LogP contribution in [0.2, 0.25) is 5.02 Å². The Bertz CT molecular complexity index is 682. The molecule has 0 unspecified atom stereocenters. The first-order valence-corrected chi connectivity index (χ1v) is 6.54. The van der Waals surface area contributed by atoms with Gasteiger partial charge in [0.2, 0.25) is 0 Å². The topological polar surface area (TPSA) is 73.2 Å². The monoisotopic (exact) mass is 307 g/mol. The van der Waals surface area contributed by atoms with Crippen molar-refractivity contribution < 1.29 is 14.3 Å². The van der Waals surface area contributed by atoms with Gasteiger partial charge in [0, 0.05) is 16.8 Å². The number of benzene rings is 1. The normalized spacial score (nSPS) is 10.2. The summed E-state index contributed by atoms with van der Waals surface area (Å²) in [5, 5.41) is 7.17. The zero-order valence-corrected chi connectivity index (χ0v) is 12.3. The Morgan fingerprint density at radius 2 is 2.19 bits per heavy atom. The number of ether oxygens (including phenoxy) is 1. The highest BCUT2D eigenvalue weighted by Gasteiger charge is 2.10. The van der Waals surface area contributed by atoms with Crippen LogP contribution in [0.1, 0.15) is 15.9 Å². The van der Waals surface area contributed by atoms with Crippen LogP contribution >= 0.6 is 11.6 Å². The number of nitrogens with zero attached hydrogens (tertiary/aromatic N) is 2. The molecule has 110 valence electrons. The molecule has 0 aliphatic carbocycles. The maximum absolute atomic E-state index is 12.1. The minimum Gasteiger partial charge on any atom is -0.468 e. The van der Waals surface area contributed by atoms with Crippen LogP contribution in [0, 0.1) is 6.92 Å². The van der Waals surface area contributed by atoms with Gasteiger partial charge in [-0.3, -0.25) is 14.3 Å². The van der Waals surface area contributed by atoms with Gasteiger partial charge >= 0.3 is 5.97 Å². The number of amides is 1. The average molecular weight is 308 g/mol. The fraction of sp³-hybridized carbons (Fsp3) is 0.214. The number of methoxy groups -OCH3 is 1. The van der Waals surface area contributed by atoms with E-state index in [-0.39, 0.29) is 12.5 Å². The zero-order chi connectivity index (χ0) is 15.4. The second-order valence-corrected chi connectivity index (χ2v) is 4.83. The number of esters is 1. The van der Waals surface area contributed by atoms with Gasteiger partial charge in [-0.25, -0.2) is 0 Å². The van der Waals surface area contributed by atoms with Crippen LogP contribution in [0.4, 0.5) is 5.69 Å². The van der Waals surface area contributed by atoms with Crippen LogP contribution in [0.5, 0.6) is 0 Å². The van der Waals surface area contributed by atoms with Crippen LogP contribution < -0.4 is 5.32 Å². The molecule has 1 aromatic heterocycles. The number of anilines is 1. The van der Waals surface area contributed by atoms with Crippen molar-refractivity contribution in [3.05, 3.63) is 46.7 Å². The lowest BCUT2D eigenvalue weighted by atomic mass is 10.1. The number of hydrogen-bond donors (Lipinski definition) is 1. The molecule has 1 heterocycles. The second kappa shape index (κ2) is 6.41. The van der Waals surface area contributed by atoms with Crippen LogP contribution in [-0.4, -0.2) is 28.8 Å². The smallest absolute Gasteiger partial charge is 0.327 e. The van der Waals surface area contributed by atoms with Gasteiger partial charge in [0.15, 0.2) is 0 Å². The van der Waals surface area contributed by atoms with Gasteiger partial charge in [-0.15, -0.1) is 0 Å². The molecule has 0 spiro atoms. The first-order valence-electron chi connectivity index (χ1n) is 6.16. The number of aromatic nitrogens is 2. The van der Waals surface area contributed by atoms with E-state index in [9.17, 15) is 9.59 Å². The third kappa shape index (κ3) is 3.82. The molecule has 0 aliphatic rings. The van der Waals surface area contributed by atoms with Gasteiger partial charge in [0.25, 0.3) is 5.91 Å². The summed E-state index contributed by atoms with van der Waals surface area (Å²) in [5.74, 6) is -0.712. The highest BCUT2D eigenvalue weighted by atomic mass is 35.5. The Kier molecular flexibility index (Phi) is 4.59. The lowest BCUT2D eigenvalue weighted by molar-refractivity contribution is -0.141. The number of aryl methyl sites for hydroxylation is 1. The molecule has 7 heteroatoms. The highest BCUT2D eigenvalue weighted by molar-refractivity contribution is 6.31. The Labute approximate surface area is 126 Å². The van der Waals surface area contributed by atoms with Crippen molar-refractivity contribution in [3.8, 4) is 0 Å². The van der Waals surface area contributed by atoms with E-state index in [4.69, 9.17) is 11.6 Å². The van der Waals surface area contributed by atoms with Crippen molar-refractivity contribution in [2.24, 2.45) is 0 Å². The van der Waals surface area contributed by atoms with E-state index >= 15 is 0 Å². The van der Waals surface area contributed by atoms with E-state index in [1.807, 2.05) is 6.92 Å². The van der Waals surface area contributed by atoms with Crippen molar-refractivity contribution in [2.45, 2.75) is 13.5 Å². The van der Waals surface area contributed by atoms with E-state index in [1.165, 1.54) is 18.0 Å². The minimum absolute atomic E-state index is 0.0112. The Morgan fingerprint density at radius 3 is 2.86 bits per heavy atom. The first-order chi connectivity index (χ1) is 9.99. The van der Waals surface area contributed by atoms with Gasteiger partial charge in [-0.2, -0.15) is 5.10 Å². The summed E-state index contributed by atoms with van der Waals surface area (Å²) in [5.41, 5.74) is 1.84. The Hall–Kier alpha value is -2.34. The quantitative estimate of drug-likeness (QED) is 0.879. The second-order valence-electron chi connectivity index (χ2n) is 4.42. The lowest BCUT2D eigenvalue weighted by Gasteiger charge is -2.04. The number of hydrogen-bond acceptors (Lipinski definition) is 4. The molecule has 0 saturated carbocycles. The van der Waals surface area contributed by atoms with Crippen LogP contribution in [0.3, 0.4) is 0 Å². The van der Waals surface area contributed by atoms with Gasteiger partial charge in [-0.1, -0.05) is 17.7 Å². The van der Waals surface area contributed by atoms with Crippen molar-refractivity contribution in [3.63, 3.8) is 0 Å². The van der Waals surface area contributed by atoms with Crippen LogP contribution in [-0.2, 0) is 16.1 Å². The number of rotatable bonds is 4. The molecular weight excluding hydrogens is 294 g/mol. The van der Waals surface area contributed by atoms with Crippen molar-refractivity contribution in [1.29, 1.82) is 0 Å². The molecule has 0 atom stereocenters. The lowest BCUT2D eigenvalue weighted by Crippen LogP contribution is -2.13. The largest absolute Gasteiger partial charge is 0.468 e. The molecule has 1 amide bonds. The van der Waals surface area contributed by atoms with Crippen LogP contribution in [0.25, 0.3) is 0 Å². The fourth-order valence-electron chi connectivity index (χ4n) is 1.65. The SMILES string of the molecule is COC(=O)Cn1cc(NC(=O)c2ccc(C)c(Cl)c2)cn1. The summed E-state index contributed by atoms with van der Waals surface area (Å²) in [6.45, 7) is 1.85. The van der Waals surface area contributed by atoms with Crippen LogP contribution in [0.15, 0.2) is 30.6 Å². The van der Waals surface area contributed by atoms with E-state index in [0.717, 1.165) is 5.56 Å². The third-order valence-electron chi connectivity index (χ3n) is 2.84. The number of carbonyl (C=O) groups is 2. The van der Waals surface area contributed by atoms with Gasteiger partial charge in [0.05, 0.1) is 19.0 Å². The predicted molar refractivity (Wildman–Crippen MR) is 78.4 cm³/mol. The van der Waals surface area contributed by atoms with Gasteiger partial charge in [-0.05, 0) is 24.6 Å². The molecule has 1 N–H and O–H groups in total. The first kappa shape index (κ1) is 15.1. The molecule has 0 fully saturated rings. The molecule has 0 saturated heterocycles. The molecular formula is C14H14ClN3O3. The third-order valence-corrected chi connectivity index (χ3v) is 3.25. The molecule has 0 aliphatic heterocycles. The maximum atomic E-state index is 12.1. The number of nitrogens with one attached hydrogen (secondary N) is 1. The van der Waals surface area contributed by atoms with Gasteiger partial charge < -0.3 is 10.1 Å². The van der Waals surface area contributed by atoms with E-state index in [2.05, 4.69) is 15.2 Å². The predicted octanol–water partition coefficient (Wildman–Crippen LogP) is 2.27. The molecule has 0 radical (unpaired) electrons. The zero-order valence-electron chi connectivity index (χ0n) is 11.6. The number of halogens is 1. The summed E-state index contributed by atoms with van der Waals surface area (Å²) in [7, 11) is 1.30. The van der Waals surface area contributed by atoms with E-state index in [1.54, 1.807) is 24.4 Å². The van der Waals surface area contributed by atoms with E-state index in [0.29, 0.717) is 16.3 Å². The Balaban J connectivity index is 2.05. The molecule has 2 rings (SSSR count). The fourth-order valence-corrected chi connectivity index (χ4v) is 1.83. The maximum Gasteiger partial charge on any atom is 0.327 e.